The van der Waals surface area contributed by atoms with Gasteiger partial charge in [-0.25, -0.2) is 4.79 Å². The van der Waals surface area contributed by atoms with Gasteiger partial charge in [-0.05, 0) is 24.1 Å². The number of carbonyl (C=O) groups is 4. The van der Waals surface area contributed by atoms with Gasteiger partial charge in [0.15, 0.2) is 0 Å². The number of methoxy groups -OCH3 is 2. The van der Waals surface area contributed by atoms with Gasteiger partial charge in [0.2, 0.25) is 11.8 Å². The van der Waals surface area contributed by atoms with Gasteiger partial charge in [0.25, 0.3) is 0 Å². The van der Waals surface area contributed by atoms with E-state index in [2.05, 4.69) is 21.4 Å². The zero-order valence-corrected chi connectivity index (χ0v) is 18.2. The molecule has 9 nitrogen and oxygen atoms in total. The summed E-state index contributed by atoms with van der Waals surface area (Å²) < 4.78 is 9.46. The topological polar surface area (TPSA) is 135 Å². The molecule has 0 fully saturated rings. The van der Waals surface area contributed by atoms with Crippen molar-refractivity contribution in [3.8, 4) is 6.07 Å². The molecule has 164 valence electrons. The molecule has 0 aliphatic carbocycles. The minimum Gasteiger partial charge on any atom is -0.468 e. The highest BCUT2D eigenvalue weighted by Gasteiger charge is 2.44. The molecular weight excluding hydrogens is 422 g/mol. The number of thioether (sulfide) groups is 1. The number of hydrogen-bond acceptors (Lipinski definition) is 8. The van der Waals surface area contributed by atoms with Crippen LogP contribution in [0.1, 0.15) is 35.2 Å². The van der Waals surface area contributed by atoms with E-state index in [1.54, 1.807) is 12.1 Å². The highest BCUT2D eigenvalue weighted by molar-refractivity contribution is 8.03. The molecule has 2 amide bonds. The minimum absolute atomic E-state index is 0.00230. The lowest BCUT2D eigenvalue weighted by atomic mass is 9.78. The molecule has 0 spiro atoms. The Kier molecular flexibility index (Phi) is 8.63. The molecule has 0 aromatic heterocycles. The number of allylic oxidation sites excluding steroid dienone is 1. The van der Waals surface area contributed by atoms with Gasteiger partial charge in [-0.15, -0.1) is 0 Å². The molecular formula is C21H23N3O6S. The fraction of sp³-hybridized carbons (Fsp3) is 0.381. The maximum Gasteiger partial charge on any atom is 0.337 e. The Balaban J connectivity index is 2.45. The van der Waals surface area contributed by atoms with Gasteiger partial charge in [0.05, 0.1) is 42.2 Å². The number of hydrogen-bond donors (Lipinski definition) is 2. The second-order valence-corrected chi connectivity index (χ2v) is 7.56. The Labute approximate surface area is 184 Å². The van der Waals surface area contributed by atoms with E-state index in [1.807, 2.05) is 6.92 Å². The van der Waals surface area contributed by atoms with E-state index < -0.39 is 29.7 Å². The van der Waals surface area contributed by atoms with Gasteiger partial charge in [-0.3, -0.25) is 14.4 Å². The standard InChI is InChI=1S/C21H23N3O6S/c1-4-9-23-15(25)11-31-19-14(10-22)16(17(18(26)24-19)21(28)30-3)12-5-7-13(8-6-12)20(27)29-2/h5-8,16-17H,4,9,11H2,1-3H3,(H,23,25)(H,24,26)/t16-,17+/m1/s1. The van der Waals surface area contributed by atoms with E-state index in [0.29, 0.717) is 12.1 Å². The van der Waals surface area contributed by atoms with Crippen LogP contribution < -0.4 is 10.6 Å². The first-order valence-electron chi connectivity index (χ1n) is 9.48. The number of nitrogens with zero attached hydrogens (tertiary/aromatic N) is 1. The molecule has 0 saturated carbocycles. The highest BCUT2D eigenvalue weighted by Crippen LogP contribution is 2.40. The molecule has 1 heterocycles. The normalized spacial score (nSPS) is 17.9. The Morgan fingerprint density at radius 1 is 1.19 bits per heavy atom. The van der Waals surface area contributed by atoms with Crippen LogP contribution in [0.4, 0.5) is 0 Å². The lowest BCUT2D eigenvalue weighted by Crippen LogP contribution is -2.44. The molecule has 0 unspecified atom stereocenters. The van der Waals surface area contributed by atoms with Crippen LogP contribution in [0, 0.1) is 17.2 Å². The number of amides is 2. The predicted molar refractivity (Wildman–Crippen MR) is 113 cm³/mol. The van der Waals surface area contributed by atoms with Crippen LogP contribution in [0.15, 0.2) is 34.9 Å². The average Bonchev–Trinajstić information content (AvgIpc) is 2.79. The Morgan fingerprint density at radius 2 is 1.87 bits per heavy atom. The molecule has 2 N–H and O–H groups in total. The van der Waals surface area contributed by atoms with Crippen molar-refractivity contribution >= 4 is 35.5 Å². The van der Waals surface area contributed by atoms with Crippen LogP contribution in [-0.2, 0) is 23.9 Å². The average molecular weight is 445 g/mol. The third-order valence-corrected chi connectivity index (χ3v) is 5.61. The molecule has 10 heteroatoms. The van der Waals surface area contributed by atoms with Gasteiger partial charge in [-0.1, -0.05) is 30.8 Å². The maximum atomic E-state index is 12.7. The number of nitrogens with one attached hydrogen (secondary N) is 2. The number of rotatable bonds is 8. The third-order valence-electron chi connectivity index (χ3n) is 4.59. The first-order chi connectivity index (χ1) is 14.9. The van der Waals surface area contributed by atoms with Gasteiger partial charge in [-0.2, -0.15) is 5.26 Å². The summed E-state index contributed by atoms with van der Waals surface area (Å²) in [5.41, 5.74) is 0.892. The van der Waals surface area contributed by atoms with Gasteiger partial charge in [0, 0.05) is 12.5 Å². The van der Waals surface area contributed by atoms with E-state index in [4.69, 9.17) is 4.74 Å². The summed E-state index contributed by atoms with van der Waals surface area (Å²) in [6.07, 6.45) is 0.781. The van der Waals surface area contributed by atoms with Crippen molar-refractivity contribution in [1.29, 1.82) is 5.26 Å². The van der Waals surface area contributed by atoms with Crippen LogP contribution in [0.25, 0.3) is 0 Å². The monoisotopic (exact) mass is 445 g/mol. The fourth-order valence-electron chi connectivity index (χ4n) is 3.08. The number of nitriles is 1. The second kappa shape index (κ2) is 11.2. The van der Waals surface area contributed by atoms with Gasteiger partial charge in [0.1, 0.15) is 5.92 Å². The molecule has 2 rings (SSSR count). The van der Waals surface area contributed by atoms with Gasteiger partial charge >= 0.3 is 11.9 Å². The van der Waals surface area contributed by atoms with Crippen molar-refractivity contribution in [1.82, 2.24) is 10.6 Å². The van der Waals surface area contributed by atoms with E-state index in [0.717, 1.165) is 25.3 Å². The SMILES string of the molecule is CCCNC(=O)CSC1=C(C#N)[C@@H](c2ccc(C(=O)OC)cc2)[C@H](C(=O)OC)C(=O)N1. The first kappa shape index (κ1) is 24.0. The number of esters is 2. The summed E-state index contributed by atoms with van der Waals surface area (Å²) in [4.78, 5) is 48.8. The van der Waals surface area contributed by atoms with Crippen LogP contribution in [0.2, 0.25) is 0 Å². The summed E-state index contributed by atoms with van der Waals surface area (Å²) in [5, 5.41) is 15.3. The molecule has 0 bridgehead atoms. The zero-order valence-electron chi connectivity index (χ0n) is 17.4. The molecule has 1 aromatic carbocycles. The second-order valence-electron chi connectivity index (χ2n) is 6.57. The summed E-state index contributed by atoms with van der Waals surface area (Å²) in [7, 11) is 2.41. The molecule has 2 atom stereocenters. The molecule has 0 saturated heterocycles. The fourth-order valence-corrected chi connectivity index (χ4v) is 3.96. The number of ether oxygens (including phenoxy) is 2. The van der Waals surface area contributed by atoms with Crippen LogP contribution in [0.5, 0.6) is 0 Å². The number of carbonyl (C=O) groups excluding carboxylic acids is 4. The molecule has 0 radical (unpaired) electrons. The van der Waals surface area contributed by atoms with Crippen molar-refractivity contribution in [3.05, 3.63) is 46.0 Å². The van der Waals surface area contributed by atoms with E-state index >= 15 is 0 Å². The van der Waals surface area contributed by atoms with Crippen LogP contribution in [0.3, 0.4) is 0 Å². The lowest BCUT2D eigenvalue weighted by molar-refractivity contribution is -0.150. The Hall–Kier alpha value is -3.32. The lowest BCUT2D eigenvalue weighted by Gasteiger charge is -2.31. The summed E-state index contributed by atoms with van der Waals surface area (Å²) in [6.45, 7) is 2.45. The number of benzene rings is 1. The summed E-state index contributed by atoms with van der Waals surface area (Å²) >= 11 is 1.01. The minimum atomic E-state index is -1.29. The molecule has 31 heavy (non-hydrogen) atoms. The van der Waals surface area contributed by atoms with Crippen molar-refractivity contribution < 1.29 is 28.7 Å². The predicted octanol–water partition coefficient (Wildman–Crippen LogP) is 1.47. The molecule has 1 aliphatic heterocycles. The van der Waals surface area contributed by atoms with E-state index in [9.17, 15) is 24.4 Å². The quantitative estimate of drug-likeness (QED) is 0.454. The Bertz CT molecular complexity index is 935. The Morgan fingerprint density at radius 3 is 2.42 bits per heavy atom. The maximum absolute atomic E-state index is 12.7. The van der Waals surface area contributed by atoms with E-state index in [-0.39, 0.29) is 27.8 Å². The molecule has 1 aromatic rings. The van der Waals surface area contributed by atoms with Crippen LogP contribution >= 0.6 is 11.8 Å². The smallest absolute Gasteiger partial charge is 0.337 e. The zero-order chi connectivity index (χ0) is 23.0. The first-order valence-corrected chi connectivity index (χ1v) is 10.5. The molecule has 1 aliphatic rings. The van der Waals surface area contributed by atoms with Crippen molar-refractivity contribution in [3.63, 3.8) is 0 Å². The summed E-state index contributed by atoms with van der Waals surface area (Å²) in [6, 6.07) is 8.15. The van der Waals surface area contributed by atoms with Crippen molar-refractivity contribution in [2.24, 2.45) is 5.92 Å². The van der Waals surface area contributed by atoms with E-state index in [1.165, 1.54) is 19.2 Å². The largest absolute Gasteiger partial charge is 0.468 e. The van der Waals surface area contributed by atoms with Crippen molar-refractivity contribution in [2.45, 2.75) is 19.3 Å². The van der Waals surface area contributed by atoms with Crippen LogP contribution in [-0.4, -0.2) is 50.3 Å². The van der Waals surface area contributed by atoms with Gasteiger partial charge < -0.3 is 20.1 Å². The summed E-state index contributed by atoms with van der Waals surface area (Å²) in [5.74, 6) is -4.43. The highest BCUT2D eigenvalue weighted by atomic mass is 32.2. The van der Waals surface area contributed by atoms with Crippen molar-refractivity contribution in [2.75, 3.05) is 26.5 Å². The third kappa shape index (κ3) is 5.64.